The Balaban J connectivity index is 1.47. The Morgan fingerprint density at radius 1 is 1.22 bits per heavy atom. The second-order valence-corrected chi connectivity index (χ2v) is 9.00. The summed E-state index contributed by atoms with van der Waals surface area (Å²) in [5, 5.41) is 4.41. The minimum atomic E-state index is -2.72. The third-order valence-electron chi connectivity index (χ3n) is 6.63. The molecule has 3 aromatic heterocycles. The van der Waals surface area contributed by atoms with Crippen molar-refractivity contribution in [1.82, 2.24) is 29.5 Å². The van der Waals surface area contributed by atoms with E-state index in [1.54, 1.807) is 4.90 Å². The maximum atomic E-state index is 13.4. The second-order valence-electron chi connectivity index (χ2n) is 8.64. The van der Waals surface area contributed by atoms with Gasteiger partial charge in [-0.3, -0.25) is 4.79 Å². The lowest BCUT2D eigenvalue weighted by Crippen LogP contribution is -2.43. The molecule has 0 bridgehead atoms. The van der Waals surface area contributed by atoms with E-state index >= 15 is 0 Å². The van der Waals surface area contributed by atoms with Crippen LogP contribution in [0.25, 0.3) is 5.78 Å². The van der Waals surface area contributed by atoms with Gasteiger partial charge in [0.05, 0.1) is 11.3 Å². The number of likely N-dealkylation sites (tertiary alicyclic amines) is 1. The van der Waals surface area contributed by atoms with E-state index < -0.39 is 6.43 Å². The van der Waals surface area contributed by atoms with E-state index in [4.69, 9.17) is 11.6 Å². The van der Waals surface area contributed by atoms with Crippen molar-refractivity contribution in [3.05, 3.63) is 51.8 Å². The molecule has 4 heterocycles. The molecule has 168 valence electrons. The van der Waals surface area contributed by atoms with Crippen LogP contribution in [0.3, 0.4) is 0 Å². The molecule has 1 aliphatic heterocycles. The number of piperidine rings is 1. The highest BCUT2D eigenvalue weighted by atomic mass is 35.5. The van der Waals surface area contributed by atoms with Gasteiger partial charge in [-0.1, -0.05) is 18.5 Å². The molecule has 0 radical (unpaired) electrons. The molecule has 2 aliphatic rings. The molecule has 0 N–H and O–H groups in total. The van der Waals surface area contributed by atoms with Gasteiger partial charge in [0.25, 0.3) is 18.1 Å². The SMILES string of the molecule is CC1CCN(C(=O)c2cc3c(nc2Cl)CCCC3)C[C@H]1c1cc(C(F)F)nc2ncnn12. The zero-order valence-electron chi connectivity index (χ0n) is 17.6. The lowest BCUT2D eigenvalue weighted by atomic mass is 9.84. The Hall–Kier alpha value is -2.68. The lowest BCUT2D eigenvalue weighted by molar-refractivity contribution is 0.0665. The molecule has 5 rings (SSSR count). The number of nitrogens with zero attached hydrogens (tertiary/aromatic N) is 6. The summed E-state index contributed by atoms with van der Waals surface area (Å²) in [5.74, 6) is -0.0700. The normalized spacial score (nSPS) is 21.2. The summed E-state index contributed by atoms with van der Waals surface area (Å²) in [6, 6.07) is 3.27. The minimum Gasteiger partial charge on any atom is -0.338 e. The fourth-order valence-electron chi connectivity index (χ4n) is 4.80. The molecule has 1 unspecified atom stereocenters. The summed E-state index contributed by atoms with van der Waals surface area (Å²) >= 11 is 6.40. The Morgan fingerprint density at radius 3 is 2.84 bits per heavy atom. The van der Waals surface area contributed by atoms with Crippen molar-refractivity contribution in [2.75, 3.05) is 13.1 Å². The number of aromatic nitrogens is 5. The maximum absolute atomic E-state index is 13.4. The van der Waals surface area contributed by atoms with Crippen LogP contribution in [-0.2, 0) is 12.8 Å². The topological polar surface area (TPSA) is 76.3 Å². The lowest BCUT2D eigenvalue weighted by Gasteiger charge is -2.37. The number of carbonyl (C=O) groups is 1. The number of hydrogen-bond donors (Lipinski definition) is 0. The number of halogens is 3. The van der Waals surface area contributed by atoms with Gasteiger partial charge in [-0.05, 0) is 55.7 Å². The van der Waals surface area contributed by atoms with Crippen LogP contribution >= 0.6 is 11.6 Å². The smallest absolute Gasteiger partial charge is 0.280 e. The number of rotatable bonds is 3. The van der Waals surface area contributed by atoms with Crippen molar-refractivity contribution < 1.29 is 13.6 Å². The first kappa shape index (κ1) is 21.2. The summed E-state index contributed by atoms with van der Waals surface area (Å²) in [6.45, 7) is 3.00. The van der Waals surface area contributed by atoms with Gasteiger partial charge in [-0.15, -0.1) is 0 Å². The summed E-state index contributed by atoms with van der Waals surface area (Å²) in [7, 11) is 0. The fourth-order valence-corrected chi connectivity index (χ4v) is 5.04. The van der Waals surface area contributed by atoms with E-state index in [-0.39, 0.29) is 34.4 Å². The summed E-state index contributed by atoms with van der Waals surface area (Å²) < 4.78 is 28.4. The average molecular weight is 461 g/mol. The van der Waals surface area contributed by atoms with E-state index in [1.807, 2.05) is 6.07 Å². The molecule has 32 heavy (non-hydrogen) atoms. The first-order valence-corrected chi connectivity index (χ1v) is 11.3. The minimum absolute atomic E-state index is 0.135. The predicted octanol–water partition coefficient (Wildman–Crippen LogP) is 4.25. The molecule has 10 heteroatoms. The fraction of sp³-hybridized carbons (Fsp3) is 0.500. The second kappa shape index (κ2) is 8.35. The molecule has 0 spiro atoms. The number of hydrogen-bond acceptors (Lipinski definition) is 5. The van der Waals surface area contributed by atoms with Gasteiger partial charge in [0, 0.05) is 24.7 Å². The van der Waals surface area contributed by atoms with Crippen LogP contribution in [0.2, 0.25) is 5.15 Å². The first-order valence-electron chi connectivity index (χ1n) is 10.9. The van der Waals surface area contributed by atoms with Gasteiger partial charge in [0.1, 0.15) is 17.2 Å². The number of amides is 1. The molecular formula is C22H23ClF2N6O. The van der Waals surface area contributed by atoms with E-state index in [0.29, 0.717) is 24.3 Å². The van der Waals surface area contributed by atoms with Crippen molar-refractivity contribution in [3.63, 3.8) is 0 Å². The van der Waals surface area contributed by atoms with Crippen molar-refractivity contribution in [2.24, 2.45) is 5.92 Å². The number of fused-ring (bicyclic) bond motifs is 2. The number of pyridine rings is 1. The third kappa shape index (κ3) is 3.72. The summed E-state index contributed by atoms with van der Waals surface area (Å²) in [4.78, 5) is 27.5. The molecule has 1 saturated heterocycles. The van der Waals surface area contributed by atoms with Gasteiger partial charge >= 0.3 is 0 Å². The number of aryl methyl sites for hydroxylation is 2. The molecule has 1 aliphatic carbocycles. The van der Waals surface area contributed by atoms with Crippen LogP contribution in [0.5, 0.6) is 0 Å². The largest absolute Gasteiger partial charge is 0.338 e. The predicted molar refractivity (Wildman–Crippen MR) is 114 cm³/mol. The molecule has 0 saturated carbocycles. The van der Waals surface area contributed by atoms with Crippen molar-refractivity contribution in [2.45, 2.75) is 51.4 Å². The Morgan fingerprint density at radius 2 is 2.03 bits per heavy atom. The number of alkyl halides is 2. The zero-order valence-corrected chi connectivity index (χ0v) is 18.4. The molecule has 7 nitrogen and oxygen atoms in total. The van der Waals surface area contributed by atoms with E-state index in [0.717, 1.165) is 43.4 Å². The van der Waals surface area contributed by atoms with Crippen LogP contribution in [0.4, 0.5) is 8.78 Å². The molecular weight excluding hydrogens is 438 g/mol. The van der Waals surface area contributed by atoms with Gasteiger partial charge in [0.2, 0.25) is 0 Å². The van der Waals surface area contributed by atoms with Crippen LogP contribution in [-0.4, -0.2) is 48.5 Å². The van der Waals surface area contributed by atoms with Gasteiger partial charge < -0.3 is 4.90 Å². The summed E-state index contributed by atoms with van der Waals surface area (Å²) in [5.41, 5.74) is 2.73. The average Bonchev–Trinajstić information content (AvgIpc) is 3.27. The van der Waals surface area contributed by atoms with Crippen LogP contribution in [0, 0.1) is 5.92 Å². The van der Waals surface area contributed by atoms with E-state index in [1.165, 1.54) is 16.9 Å². The van der Waals surface area contributed by atoms with Crippen LogP contribution < -0.4 is 0 Å². The van der Waals surface area contributed by atoms with Crippen molar-refractivity contribution >= 4 is 23.3 Å². The highest BCUT2D eigenvalue weighted by Gasteiger charge is 2.34. The molecule has 1 amide bonds. The Bertz CT molecular complexity index is 1180. The quantitative estimate of drug-likeness (QED) is 0.546. The standard InChI is InChI=1S/C22H23ClF2N6O/c1-12-6-7-30(21(32)14-8-13-4-2-3-5-16(13)28-19(14)23)10-15(12)18-9-17(20(24)25)29-22-26-11-27-31(18)22/h8-9,11-12,15,20H,2-7,10H2,1H3/t12?,15-/m1/s1. The highest BCUT2D eigenvalue weighted by molar-refractivity contribution is 6.32. The van der Waals surface area contributed by atoms with Gasteiger partial charge in [-0.25, -0.2) is 23.3 Å². The van der Waals surface area contributed by atoms with E-state index in [2.05, 4.69) is 27.0 Å². The Labute approximate surface area is 188 Å². The van der Waals surface area contributed by atoms with E-state index in [9.17, 15) is 13.6 Å². The summed E-state index contributed by atoms with van der Waals surface area (Å²) in [6.07, 6.45) is 3.26. The molecule has 3 aromatic rings. The first-order chi connectivity index (χ1) is 15.4. The van der Waals surface area contributed by atoms with Gasteiger partial charge in [-0.2, -0.15) is 10.1 Å². The third-order valence-corrected chi connectivity index (χ3v) is 6.92. The van der Waals surface area contributed by atoms with Crippen molar-refractivity contribution in [3.8, 4) is 0 Å². The number of carbonyl (C=O) groups excluding carboxylic acids is 1. The highest BCUT2D eigenvalue weighted by Crippen LogP contribution is 2.35. The van der Waals surface area contributed by atoms with Crippen LogP contribution in [0.1, 0.15) is 71.5 Å². The Kier molecular flexibility index (Phi) is 5.53. The molecule has 2 atom stereocenters. The monoisotopic (exact) mass is 460 g/mol. The molecule has 0 aromatic carbocycles. The van der Waals surface area contributed by atoms with Crippen LogP contribution in [0.15, 0.2) is 18.5 Å². The maximum Gasteiger partial charge on any atom is 0.280 e. The van der Waals surface area contributed by atoms with Gasteiger partial charge in [0.15, 0.2) is 0 Å². The zero-order chi connectivity index (χ0) is 22.4. The van der Waals surface area contributed by atoms with Crippen molar-refractivity contribution in [1.29, 1.82) is 0 Å². The molecule has 1 fully saturated rings.